The lowest BCUT2D eigenvalue weighted by Gasteiger charge is -2.16. The van der Waals surface area contributed by atoms with Crippen molar-refractivity contribution in [2.24, 2.45) is 5.73 Å². The quantitative estimate of drug-likeness (QED) is 0.739. The van der Waals surface area contributed by atoms with Gasteiger partial charge in [0.05, 0.1) is 6.04 Å². The molecule has 1 aromatic heterocycles. The van der Waals surface area contributed by atoms with Gasteiger partial charge in [-0.15, -0.1) is 0 Å². The molecule has 2 atom stereocenters. The number of nitrogens with two attached hydrogens (primary N) is 1. The van der Waals surface area contributed by atoms with E-state index in [0.29, 0.717) is 11.3 Å². The summed E-state index contributed by atoms with van der Waals surface area (Å²) in [6.07, 6.45) is 0.597. The second-order valence-electron chi connectivity index (χ2n) is 5.89. The van der Waals surface area contributed by atoms with Crippen molar-refractivity contribution in [1.82, 2.24) is 14.8 Å². The highest BCUT2D eigenvalue weighted by Gasteiger charge is 2.33. The van der Waals surface area contributed by atoms with Gasteiger partial charge in [0.1, 0.15) is 0 Å². The average Bonchev–Trinajstić information content (AvgIpc) is 2.96. The van der Waals surface area contributed by atoms with Gasteiger partial charge in [-0.25, -0.2) is 4.79 Å². The Morgan fingerprint density at radius 2 is 1.84 bits per heavy atom. The van der Waals surface area contributed by atoms with Crippen LogP contribution in [0.1, 0.15) is 10.4 Å². The first kappa shape index (κ1) is 16.7. The number of carboxylic acid groups (broad SMARTS) is 1. The molecule has 0 aliphatic carbocycles. The molecule has 2 aromatic rings. The SMILES string of the molecule is N[C@@H]1CN(C(=O)O)C[C@@H]1NC(=O)c1ccc(-n2ccccc2=O)cc1. The zero-order chi connectivity index (χ0) is 18.0. The van der Waals surface area contributed by atoms with E-state index in [0.717, 1.165) is 0 Å². The van der Waals surface area contributed by atoms with E-state index < -0.39 is 18.2 Å². The molecule has 3 rings (SSSR count). The first-order valence-corrected chi connectivity index (χ1v) is 7.78. The number of hydrogen-bond donors (Lipinski definition) is 3. The Hall–Kier alpha value is -3.13. The summed E-state index contributed by atoms with van der Waals surface area (Å²) in [5, 5.41) is 11.8. The largest absolute Gasteiger partial charge is 0.465 e. The molecular formula is C17H18N4O4. The van der Waals surface area contributed by atoms with E-state index in [1.165, 1.54) is 15.5 Å². The highest BCUT2D eigenvalue weighted by Crippen LogP contribution is 2.11. The molecule has 1 fully saturated rings. The van der Waals surface area contributed by atoms with E-state index in [1.807, 2.05) is 0 Å². The average molecular weight is 342 g/mol. The number of likely N-dealkylation sites (tertiary alicyclic amines) is 1. The number of carbonyl (C=O) groups excluding carboxylic acids is 1. The van der Waals surface area contributed by atoms with Gasteiger partial charge in [0.15, 0.2) is 0 Å². The van der Waals surface area contributed by atoms with Crippen molar-refractivity contribution in [3.8, 4) is 5.69 Å². The van der Waals surface area contributed by atoms with Crippen LogP contribution < -0.4 is 16.6 Å². The molecule has 1 aliphatic heterocycles. The van der Waals surface area contributed by atoms with Crippen molar-refractivity contribution in [2.75, 3.05) is 13.1 Å². The third kappa shape index (κ3) is 3.53. The number of aromatic nitrogens is 1. The molecule has 0 saturated carbocycles. The van der Waals surface area contributed by atoms with E-state index in [-0.39, 0.29) is 24.6 Å². The topological polar surface area (TPSA) is 118 Å². The Labute approximate surface area is 143 Å². The van der Waals surface area contributed by atoms with Gasteiger partial charge < -0.3 is 21.1 Å². The molecule has 0 spiro atoms. The second-order valence-corrected chi connectivity index (χ2v) is 5.89. The van der Waals surface area contributed by atoms with Crippen LogP contribution in [0.5, 0.6) is 0 Å². The number of nitrogens with one attached hydrogen (secondary N) is 1. The van der Waals surface area contributed by atoms with Crippen LogP contribution in [0, 0.1) is 0 Å². The van der Waals surface area contributed by atoms with Crippen LogP contribution >= 0.6 is 0 Å². The molecule has 2 amide bonds. The summed E-state index contributed by atoms with van der Waals surface area (Å²) in [5.74, 6) is -0.334. The summed E-state index contributed by atoms with van der Waals surface area (Å²) < 4.78 is 1.47. The van der Waals surface area contributed by atoms with Gasteiger partial charge in [-0.05, 0) is 30.3 Å². The summed E-state index contributed by atoms with van der Waals surface area (Å²) in [5.41, 5.74) is 6.79. The zero-order valence-electron chi connectivity index (χ0n) is 13.3. The number of pyridine rings is 1. The molecule has 0 unspecified atom stereocenters. The van der Waals surface area contributed by atoms with Crippen LogP contribution in [-0.2, 0) is 0 Å². The number of amides is 2. The molecular weight excluding hydrogens is 324 g/mol. The molecule has 0 radical (unpaired) electrons. The molecule has 4 N–H and O–H groups in total. The van der Waals surface area contributed by atoms with E-state index in [4.69, 9.17) is 10.8 Å². The van der Waals surface area contributed by atoms with Crippen LogP contribution in [0.4, 0.5) is 4.79 Å². The molecule has 130 valence electrons. The summed E-state index contributed by atoms with van der Waals surface area (Å²) in [6.45, 7) is 0.357. The lowest BCUT2D eigenvalue weighted by Crippen LogP contribution is -2.46. The van der Waals surface area contributed by atoms with Crippen LogP contribution in [0.15, 0.2) is 53.5 Å². The molecule has 8 nitrogen and oxygen atoms in total. The number of rotatable bonds is 3. The predicted molar refractivity (Wildman–Crippen MR) is 90.9 cm³/mol. The molecule has 2 heterocycles. The Kier molecular flexibility index (Phi) is 4.53. The third-order valence-corrected chi connectivity index (χ3v) is 4.18. The highest BCUT2D eigenvalue weighted by molar-refractivity contribution is 5.94. The summed E-state index contributed by atoms with van der Waals surface area (Å²) in [6, 6.07) is 10.6. The van der Waals surface area contributed by atoms with Crippen molar-refractivity contribution in [3.05, 3.63) is 64.6 Å². The Morgan fingerprint density at radius 3 is 2.44 bits per heavy atom. The monoisotopic (exact) mass is 342 g/mol. The molecule has 25 heavy (non-hydrogen) atoms. The Bertz CT molecular complexity index is 846. The maximum absolute atomic E-state index is 12.3. The summed E-state index contributed by atoms with van der Waals surface area (Å²) >= 11 is 0. The van der Waals surface area contributed by atoms with Crippen molar-refractivity contribution < 1.29 is 14.7 Å². The lowest BCUT2D eigenvalue weighted by atomic mass is 10.1. The normalized spacial score (nSPS) is 19.6. The van der Waals surface area contributed by atoms with Crippen molar-refractivity contribution >= 4 is 12.0 Å². The van der Waals surface area contributed by atoms with Gasteiger partial charge in [-0.2, -0.15) is 0 Å². The molecule has 8 heteroatoms. The van der Waals surface area contributed by atoms with Gasteiger partial charge in [-0.3, -0.25) is 14.2 Å². The van der Waals surface area contributed by atoms with Gasteiger partial charge in [-0.1, -0.05) is 6.07 Å². The van der Waals surface area contributed by atoms with Gasteiger partial charge in [0.25, 0.3) is 11.5 Å². The van der Waals surface area contributed by atoms with Crippen LogP contribution in [0.2, 0.25) is 0 Å². The first-order valence-electron chi connectivity index (χ1n) is 7.78. The first-order chi connectivity index (χ1) is 12.0. The standard InChI is InChI=1S/C17H18N4O4/c18-13-9-20(17(24)25)10-14(13)19-16(23)11-4-6-12(7-5-11)21-8-2-1-3-15(21)22/h1-8,13-14H,9-10,18H2,(H,19,23)(H,24,25)/t13-,14+/m1/s1. The second kappa shape index (κ2) is 6.78. The minimum absolute atomic E-state index is 0.162. The van der Waals surface area contributed by atoms with Gasteiger partial charge in [0, 0.05) is 42.6 Å². The Morgan fingerprint density at radius 1 is 1.12 bits per heavy atom. The van der Waals surface area contributed by atoms with E-state index in [2.05, 4.69) is 5.32 Å². The van der Waals surface area contributed by atoms with Crippen molar-refractivity contribution in [2.45, 2.75) is 12.1 Å². The van der Waals surface area contributed by atoms with E-state index >= 15 is 0 Å². The molecule has 0 bridgehead atoms. The number of carbonyl (C=O) groups is 2. The van der Waals surface area contributed by atoms with Crippen LogP contribution in [0.3, 0.4) is 0 Å². The van der Waals surface area contributed by atoms with Crippen LogP contribution in [-0.4, -0.2) is 51.7 Å². The fourth-order valence-electron chi connectivity index (χ4n) is 2.80. The Balaban J connectivity index is 1.70. The van der Waals surface area contributed by atoms with Crippen molar-refractivity contribution in [3.63, 3.8) is 0 Å². The number of benzene rings is 1. The molecule has 1 aliphatic rings. The summed E-state index contributed by atoms with van der Waals surface area (Å²) in [4.78, 5) is 36.3. The van der Waals surface area contributed by atoms with E-state index in [9.17, 15) is 14.4 Å². The minimum atomic E-state index is -1.05. The zero-order valence-corrected chi connectivity index (χ0v) is 13.3. The molecule has 1 saturated heterocycles. The number of hydrogen-bond acceptors (Lipinski definition) is 4. The maximum Gasteiger partial charge on any atom is 0.407 e. The van der Waals surface area contributed by atoms with E-state index in [1.54, 1.807) is 42.6 Å². The minimum Gasteiger partial charge on any atom is -0.465 e. The van der Waals surface area contributed by atoms with Gasteiger partial charge >= 0.3 is 6.09 Å². The predicted octanol–water partition coefficient (Wildman–Crippen LogP) is 0.257. The smallest absolute Gasteiger partial charge is 0.407 e. The molecule has 1 aromatic carbocycles. The van der Waals surface area contributed by atoms with Gasteiger partial charge in [0.2, 0.25) is 0 Å². The van der Waals surface area contributed by atoms with Crippen LogP contribution in [0.25, 0.3) is 5.69 Å². The number of nitrogens with zero attached hydrogens (tertiary/aromatic N) is 2. The lowest BCUT2D eigenvalue weighted by molar-refractivity contribution is 0.0933. The third-order valence-electron chi connectivity index (χ3n) is 4.18. The fraction of sp³-hybridized carbons (Fsp3) is 0.235. The van der Waals surface area contributed by atoms with Crippen molar-refractivity contribution in [1.29, 1.82) is 0 Å². The maximum atomic E-state index is 12.3. The summed E-state index contributed by atoms with van der Waals surface area (Å²) in [7, 11) is 0. The fourth-order valence-corrected chi connectivity index (χ4v) is 2.80. The highest BCUT2D eigenvalue weighted by atomic mass is 16.4.